The molecule has 0 spiro atoms. The van der Waals surface area contributed by atoms with E-state index in [4.69, 9.17) is 4.74 Å². The van der Waals surface area contributed by atoms with Crippen molar-refractivity contribution in [3.8, 4) is 5.75 Å². The average Bonchev–Trinajstić information content (AvgIpc) is 2.37. The van der Waals surface area contributed by atoms with E-state index in [-0.39, 0.29) is 0 Å². The van der Waals surface area contributed by atoms with Crippen LogP contribution in [-0.2, 0) is 0 Å². The zero-order valence-electron chi connectivity index (χ0n) is 12.4. The molecule has 2 N–H and O–H groups in total. The van der Waals surface area contributed by atoms with Crippen molar-refractivity contribution >= 4 is 5.96 Å². The fourth-order valence-corrected chi connectivity index (χ4v) is 1.84. The summed E-state index contributed by atoms with van der Waals surface area (Å²) >= 11 is 0. The van der Waals surface area contributed by atoms with Crippen molar-refractivity contribution in [2.24, 2.45) is 4.99 Å². The van der Waals surface area contributed by atoms with Crippen molar-refractivity contribution in [1.29, 1.82) is 0 Å². The van der Waals surface area contributed by atoms with Crippen molar-refractivity contribution in [2.75, 3.05) is 26.2 Å². The molecule has 0 amide bonds. The Morgan fingerprint density at radius 2 is 1.68 bits per heavy atom. The third-order valence-electron chi connectivity index (χ3n) is 2.70. The van der Waals surface area contributed by atoms with Crippen LogP contribution in [0.15, 0.2) is 23.2 Å². The lowest BCUT2D eigenvalue weighted by Crippen LogP contribution is -2.37. The number of ether oxygens (including phenoxy) is 1. The molecule has 0 bridgehead atoms. The van der Waals surface area contributed by atoms with E-state index in [0.717, 1.165) is 24.8 Å². The molecule has 4 nitrogen and oxygen atoms in total. The van der Waals surface area contributed by atoms with Gasteiger partial charge in [-0.1, -0.05) is 18.2 Å². The zero-order chi connectivity index (χ0) is 14.1. The van der Waals surface area contributed by atoms with Gasteiger partial charge in [0, 0.05) is 13.1 Å². The van der Waals surface area contributed by atoms with E-state index >= 15 is 0 Å². The smallest absolute Gasteiger partial charge is 0.191 e. The number of benzene rings is 1. The number of hydrogen-bond acceptors (Lipinski definition) is 2. The summed E-state index contributed by atoms with van der Waals surface area (Å²) in [5, 5.41) is 6.38. The molecule has 0 radical (unpaired) electrons. The predicted octanol–water partition coefficient (Wildman–Crippen LogP) is 2.26. The number of nitrogens with one attached hydrogen (secondary N) is 2. The summed E-state index contributed by atoms with van der Waals surface area (Å²) in [5.74, 6) is 1.82. The Bertz CT molecular complexity index is 388. The Hall–Kier alpha value is -1.71. The molecular formula is C15H25N3O. The summed E-state index contributed by atoms with van der Waals surface area (Å²) in [4.78, 5) is 4.45. The summed E-state index contributed by atoms with van der Waals surface area (Å²) < 4.78 is 5.81. The molecule has 0 saturated carbocycles. The molecule has 1 aromatic rings. The molecule has 1 aromatic carbocycles. The monoisotopic (exact) mass is 263 g/mol. The largest absolute Gasteiger partial charge is 0.491 e. The molecule has 0 aliphatic rings. The highest BCUT2D eigenvalue weighted by Gasteiger charge is 2.02. The van der Waals surface area contributed by atoms with Gasteiger partial charge in [0.15, 0.2) is 5.96 Å². The van der Waals surface area contributed by atoms with Gasteiger partial charge in [-0.15, -0.1) is 0 Å². The van der Waals surface area contributed by atoms with Gasteiger partial charge in [0.2, 0.25) is 0 Å². The molecular weight excluding hydrogens is 238 g/mol. The van der Waals surface area contributed by atoms with Crippen molar-refractivity contribution in [3.05, 3.63) is 29.3 Å². The number of nitrogens with zero attached hydrogens (tertiary/aromatic N) is 1. The van der Waals surface area contributed by atoms with Crippen molar-refractivity contribution in [3.63, 3.8) is 0 Å². The van der Waals surface area contributed by atoms with Crippen LogP contribution >= 0.6 is 0 Å². The van der Waals surface area contributed by atoms with Crippen LogP contribution in [0.2, 0.25) is 0 Å². The molecule has 0 fully saturated rings. The van der Waals surface area contributed by atoms with Gasteiger partial charge in [-0.3, -0.25) is 0 Å². The minimum Gasteiger partial charge on any atom is -0.491 e. The molecule has 0 atom stereocenters. The summed E-state index contributed by atoms with van der Waals surface area (Å²) in [6.07, 6.45) is 0. The maximum atomic E-state index is 5.81. The highest BCUT2D eigenvalue weighted by molar-refractivity contribution is 5.79. The molecule has 0 aliphatic carbocycles. The van der Waals surface area contributed by atoms with Crippen LogP contribution in [0.3, 0.4) is 0 Å². The highest BCUT2D eigenvalue weighted by atomic mass is 16.5. The van der Waals surface area contributed by atoms with Gasteiger partial charge in [0.1, 0.15) is 12.4 Å². The molecule has 0 heterocycles. The van der Waals surface area contributed by atoms with Crippen LogP contribution in [0.5, 0.6) is 5.75 Å². The highest BCUT2D eigenvalue weighted by Crippen LogP contribution is 2.21. The van der Waals surface area contributed by atoms with Crippen LogP contribution in [-0.4, -0.2) is 32.2 Å². The van der Waals surface area contributed by atoms with E-state index in [1.807, 2.05) is 6.07 Å². The third kappa shape index (κ3) is 5.20. The first-order chi connectivity index (χ1) is 9.19. The van der Waals surface area contributed by atoms with Crippen molar-refractivity contribution in [1.82, 2.24) is 10.6 Å². The minimum atomic E-state index is 0.589. The van der Waals surface area contributed by atoms with E-state index < -0.39 is 0 Å². The van der Waals surface area contributed by atoms with Crippen LogP contribution in [0.4, 0.5) is 0 Å². The SMILES string of the molecule is CCNC(=NCCOc1c(C)cccc1C)NCC. The fraction of sp³-hybridized carbons (Fsp3) is 0.533. The molecule has 0 unspecified atom stereocenters. The van der Waals surface area contributed by atoms with Gasteiger partial charge < -0.3 is 15.4 Å². The number of aliphatic imine (C=N–C) groups is 1. The van der Waals surface area contributed by atoms with Crippen LogP contribution in [0, 0.1) is 13.8 Å². The Kier molecular flexibility index (Phi) is 6.79. The maximum absolute atomic E-state index is 5.81. The lowest BCUT2D eigenvalue weighted by Gasteiger charge is -2.12. The van der Waals surface area contributed by atoms with E-state index in [1.165, 1.54) is 11.1 Å². The van der Waals surface area contributed by atoms with Gasteiger partial charge in [-0.05, 0) is 38.8 Å². The van der Waals surface area contributed by atoms with Crippen molar-refractivity contribution in [2.45, 2.75) is 27.7 Å². The Labute approximate surface area is 116 Å². The first-order valence-electron chi connectivity index (χ1n) is 6.90. The molecule has 19 heavy (non-hydrogen) atoms. The van der Waals surface area contributed by atoms with Crippen LogP contribution in [0.25, 0.3) is 0 Å². The Morgan fingerprint density at radius 3 is 2.21 bits per heavy atom. The summed E-state index contributed by atoms with van der Waals surface area (Å²) in [6.45, 7) is 11.2. The fourth-order valence-electron chi connectivity index (χ4n) is 1.84. The topological polar surface area (TPSA) is 45.7 Å². The second-order valence-electron chi connectivity index (χ2n) is 4.36. The van der Waals surface area contributed by atoms with Gasteiger partial charge in [0.25, 0.3) is 0 Å². The summed E-state index contributed by atoms with van der Waals surface area (Å²) in [6, 6.07) is 6.17. The number of aryl methyl sites for hydroxylation is 2. The molecule has 106 valence electrons. The first-order valence-corrected chi connectivity index (χ1v) is 6.90. The van der Waals surface area contributed by atoms with Crippen LogP contribution < -0.4 is 15.4 Å². The Balaban J connectivity index is 2.47. The van der Waals surface area contributed by atoms with Crippen LogP contribution in [0.1, 0.15) is 25.0 Å². The molecule has 4 heteroatoms. The molecule has 1 rings (SSSR count). The van der Waals surface area contributed by atoms with Gasteiger partial charge in [-0.2, -0.15) is 0 Å². The third-order valence-corrected chi connectivity index (χ3v) is 2.70. The van der Waals surface area contributed by atoms with Gasteiger partial charge in [0.05, 0.1) is 6.54 Å². The second kappa shape index (κ2) is 8.40. The lowest BCUT2D eigenvalue weighted by atomic mass is 10.1. The molecule has 0 aromatic heterocycles. The van der Waals surface area contributed by atoms with Gasteiger partial charge >= 0.3 is 0 Å². The van der Waals surface area contributed by atoms with Gasteiger partial charge in [-0.25, -0.2) is 4.99 Å². The summed E-state index contributed by atoms with van der Waals surface area (Å²) in [5.41, 5.74) is 2.34. The van der Waals surface area contributed by atoms with E-state index in [0.29, 0.717) is 13.2 Å². The maximum Gasteiger partial charge on any atom is 0.191 e. The Morgan fingerprint density at radius 1 is 1.11 bits per heavy atom. The normalized spacial score (nSPS) is 9.89. The molecule has 0 saturated heterocycles. The minimum absolute atomic E-state index is 0.589. The molecule has 0 aliphatic heterocycles. The lowest BCUT2D eigenvalue weighted by molar-refractivity contribution is 0.324. The van der Waals surface area contributed by atoms with E-state index in [1.54, 1.807) is 0 Å². The second-order valence-corrected chi connectivity index (χ2v) is 4.36. The first kappa shape index (κ1) is 15.3. The summed E-state index contributed by atoms with van der Waals surface area (Å²) in [7, 11) is 0. The number of hydrogen-bond donors (Lipinski definition) is 2. The van der Waals surface area contributed by atoms with E-state index in [9.17, 15) is 0 Å². The van der Waals surface area contributed by atoms with E-state index in [2.05, 4.69) is 55.5 Å². The number of rotatable bonds is 6. The quantitative estimate of drug-likeness (QED) is 0.470. The number of guanidine groups is 1. The zero-order valence-corrected chi connectivity index (χ0v) is 12.4. The predicted molar refractivity (Wildman–Crippen MR) is 81.1 cm³/mol. The standard InChI is InChI=1S/C15H25N3O/c1-5-16-15(17-6-2)18-10-11-19-14-12(3)8-7-9-13(14)4/h7-9H,5-6,10-11H2,1-4H3,(H2,16,17,18). The average molecular weight is 263 g/mol. The number of para-hydroxylation sites is 1. The van der Waals surface area contributed by atoms with Crippen molar-refractivity contribution < 1.29 is 4.74 Å².